The van der Waals surface area contributed by atoms with E-state index in [9.17, 15) is 9.18 Å². The summed E-state index contributed by atoms with van der Waals surface area (Å²) in [5.41, 5.74) is 3.50. The van der Waals surface area contributed by atoms with Crippen molar-refractivity contribution in [3.05, 3.63) is 92.2 Å². The SMILES string of the molecule is O=c1c(Cc2cccc(Cl)c2)c(-c2ccc(CF)cc2)[nH]n1-c1nccs1. The molecule has 0 aliphatic heterocycles. The first-order valence-corrected chi connectivity index (χ1v) is 9.55. The number of halogens is 2. The minimum Gasteiger partial charge on any atom is -0.288 e. The summed E-state index contributed by atoms with van der Waals surface area (Å²) in [6, 6.07) is 14.5. The van der Waals surface area contributed by atoms with Gasteiger partial charge < -0.3 is 0 Å². The maximum Gasteiger partial charge on any atom is 0.277 e. The lowest BCUT2D eigenvalue weighted by Gasteiger charge is -2.04. The van der Waals surface area contributed by atoms with Crippen LogP contribution in [0.25, 0.3) is 16.4 Å². The van der Waals surface area contributed by atoms with Crippen molar-refractivity contribution in [3.8, 4) is 16.4 Å². The van der Waals surface area contributed by atoms with E-state index in [-0.39, 0.29) is 5.56 Å². The van der Waals surface area contributed by atoms with Crippen LogP contribution < -0.4 is 5.56 Å². The average Bonchev–Trinajstić information content (AvgIpc) is 3.31. The lowest BCUT2D eigenvalue weighted by molar-refractivity contribution is 0.485. The van der Waals surface area contributed by atoms with Gasteiger partial charge in [-0.05, 0) is 28.8 Å². The first-order valence-electron chi connectivity index (χ1n) is 8.29. The topological polar surface area (TPSA) is 50.7 Å². The van der Waals surface area contributed by atoms with Gasteiger partial charge in [-0.15, -0.1) is 11.3 Å². The summed E-state index contributed by atoms with van der Waals surface area (Å²) in [5.74, 6) is 0. The molecule has 27 heavy (non-hydrogen) atoms. The van der Waals surface area contributed by atoms with Gasteiger partial charge in [0.15, 0.2) is 0 Å². The van der Waals surface area contributed by atoms with Gasteiger partial charge in [0.1, 0.15) is 6.67 Å². The summed E-state index contributed by atoms with van der Waals surface area (Å²) in [5, 5.41) is 6.17. The van der Waals surface area contributed by atoms with Crippen LogP contribution in [-0.2, 0) is 13.1 Å². The molecular weight excluding hydrogens is 385 g/mol. The molecule has 2 heterocycles. The van der Waals surface area contributed by atoms with E-state index in [4.69, 9.17) is 11.6 Å². The fourth-order valence-electron chi connectivity index (χ4n) is 2.95. The van der Waals surface area contributed by atoms with Crippen molar-refractivity contribution in [2.45, 2.75) is 13.1 Å². The molecule has 0 saturated carbocycles. The molecular formula is C20H15ClFN3OS. The Morgan fingerprint density at radius 1 is 1.15 bits per heavy atom. The molecule has 4 aromatic rings. The molecule has 136 valence electrons. The zero-order valence-corrected chi connectivity index (χ0v) is 15.7. The Hall–Kier alpha value is -2.70. The van der Waals surface area contributed by atoms with Crippen LogP contribution in [-0.4, -0.2) is 14.8 Å². The van der Waals surface area contributed by atoms with Crippen molar-refractivity contribution in [3.63, 3.8) is 0 Å². The van der Waals surface area contributed by atoms with Crippen molar-refractivity contribution in [2.24, 2.45) is 0 Å². The Labute approximate surface area is 163 Å². The van der Waals surface area contributed by atoms with Gasteiger partial charge in [0.2, 0.25) is 5.13 Å². The monoisotopic (exact) mass is 399 g/mol. The van der Waals surface area contributed by atoms with E-state index in [1.165, 1.54) is 16.0 Å². The van der Waals surface area contributed by atoms with E-state index in [1.54, 1.807) is 24.4 Å². The number of H-pyrrole nitrogens is 1. The number of aromatic amines is 1. The highest BCUT2D eigenvalue weighted by molar-refractivity contribution is 7.12. The van der Waals surface area contributed by atoms with Crippen molar-refractivity contribution in [1.29, 1.82) is 0 Å². The Bertz CT molecular complexity index is 1120. The minimum absolute atomic E-state index is 0.158. The number of rotatable bonds is 5. The lowest BCUT2D eigenvalue weighted by Crippen LogP contribution is -2.17. The highest BCUT2D eigenvalue weighted by atomic mass is 35.5. The third-order valence-corrected chi connectivity index (χ3v) is 5.26. The van der Waals surface area contributed by atoms with Gasteiger partial charge in [0, 0.05) is 28.6 Å². The maximum absolute atomic E-state index is 13.1. The summed E-state index contributed by atoms with van der Waals surface area (Å²) in [4.78, 5) is 17.3. The molecule has 0 unspecified atom stereocenters. The number of nitrogens with one attached hydrogen (secondary N) is 1. The predicted molar refractivity (Wildman–Crippen MR) is 107 cm³/mol. The van der Waals surface area contributed by atoms with Gasteiger partial charge in [-0.25, -0.2) is 9.37 Å². The first kappa shape index (κ1) is 17.7. The third-order valence-electron chi connectivity index (χ3n) is 4.26. The second-order valence-electron chi connectivity index (χ2n) is 6.06. The second kappa shape index (κ2) is 7.50. The highest BCUT2D eigenvalue weighted by Gasteiger charge is 2.18. The first-order chi connectivity index (χ1) is 13.2. The zero-order valence-electron chi connectivity index (χ0n) is 14.2. The van der Waals surface area contributed by atoms with Crippen LogP contribution in [0.1, 0.15) is 16.7 Å². The molecule has 0 spiro atoms. The van der Waals surface area contributed by atoms with Gasteiger partial charge in [0.25, 0.3) is 5.56 Å². The number of thiazole rings is 1. The Morgan fingerprint density at radius 2 is 1.96 bits per heavy atom. The lowest BCUT2D eigenvalue weighted by atomic mass is 10.0. The predicted octanol–water partition coefficient (Wildman–Crippen LogP) is 5.00. The van der Waals surface area contributed by atoms with E-state index in [0.29, 0.717) is 33.4 Å². The van der Waals surface area contributed by atoms with E-state index < -0.39 is 6.67 Å². The smallest absolute Gasteiger partial charge is 0.277 e. The fourth-order valence-corrected chi connectivity index (χ4v) is 3.76. The van der Waals surface area contributed by atoms with Crippen LogP contribution in [0.3, 0.4) is 0 Å². The molecule has 0 saturated heterocycles. The standard InChI is InChI=1S/C20H15ClFN3OS/c21-16-3-1-2-14(10-16)11-17-18(15-6-4-13(12-22)5-7-15)24-25(19(17)26)20-23-8-9-27-20/h1-10,24H,11-12H2. The molecule has 2 aromatic heterocycles. The highest BCUT2D eigenvalue weighted by Crippen LogP contribution is 2.25. The molecule has 2 aromatic carbocycles. The van der Waals surface area contributed by atoms with Crippen molar-refractivity contribution < 1.29 is 4.39 Å². The molecule has 4 nitrogen and oxygen atoms in total. The summed E-state index contributed by atoms with van der Waals surface area (Å²) >= 11 is 7.46. The van der Waals surface area contributed by atoms with Crippen molar-refractivity contribution in [2.75, 3.05) is 0 Å². The van der Waals surface area contributed by atoms with Crippen molar-refractivity contribution >= 4 is 22.9 Å². The van der Waals surface area contributed by atoms with Crippen LogP contribution in [0, 0.1) is 0 Å². The van der Waals surface area contributed by atoms with Gasteiger partial charge in [-0.2, -0.15) is 4.68 Å². The molecule has 1 N–H and O–H groups in total. The fraction of sp³-hybridized carbons (Fsp3) is 0.100. The molecule has 0 radical (unpaired) electrons. The Kier molecular flexibility index (Phi) is 4.92. The molecule has 4 rings (SSSR count). The molecule has 0 aliphatic rings. The van der Waals surface area contributed by atoms with E-state index >= 15 is 0 Å². The average molecular weight is 400 g/mol. The van der Waals surface area contributed by atoms with Crippen LogP contribution >= 0.6 is 22.9 Å². The normalized spacial score (nSPS) is 11.0. The van der Waals surface area contributed by atoms with Gasteiger partial charge in [0.05, 0.1) is 5.69 Å². The van der Waals surface area contributed by atoms with Crippen LogP contribution in [0.5, 0.6) is 0 Å². The number of alkyl halides is 1. The largest absolute Gasteiger partial charge is 0.288 e. The molecule has 0 amide bonds. The molecule has 0 bridgehead atoms. The number of aromatic nitrogens is 3. The van der Waals surface area contributed by atoms with Gasteiger partial charge >= 0.3 is 0 Å². The summed E-state index contributed by atoms with van der Waals surface area (Å²) in [7, 11) is 0. The number of hydrogen-bond acceptors (Lipinski definition) is 3. The molecule has 0 fully saturated rings. The second-order valence-corrected chi connectivity index (χ2v) is 7.37. The maximum atomic E-state index is 13.1. The minimum atomic E-state index is -0.522. The summed E-state index contributed by atoms with van der Waals surface area (Å²) in [6.07, 6.45) is 2.08. The van der Waals surface area contributed by atoms with Crippen LogP contribution in [0.2, 0.25) is 5.02 Å². The Balaban J connectivity index is 1.85. The summed E-state index contributed by atoms with van der Waals surface area (Å²) < 4.78 is 14.3. The third kappa shape index (κ3) is 3.59. The quantitative estimate of drug-likeness (QED) is 0.513. The van der Waals surface area contributed by atoms with Gasteiger partial charge in [-0.3, -0.25) is 9.89 Å². The van der Waals surface area contributed by atoms with Gasteiger partial charge in [-0.1, -0.05) is 48.0 Å². The summed E-state index contributed by atoms with van der Waals surface area (Å²) in [6.45, 7) is -0.522. The van der Waals surface area contributed by atoms with E-state index in [1.807, 2.05) is 35.7 Å². The van der Waals surface area contributed by atoms with Crippen molar-refractivity contribution in [1.82, 2.24) is 14.8 Å². The molecule has 0 atom stereocenters. The zero-order chi connectivity index (χ0) is 18.8. The van der Waals surface area contributed by atoms with Crippen LogP contribution in [0.4, 0.5) is 4.39 Å². The number of hydrogen-bond donors (Lipinski definition) is 1. The number of benzene rings is 2. The number of nitrogens with zero attached hydrogens (tertiary/aromatic N) is 2. The Morgan fingerprint density at radius 3 is 2.63 bits per heavy atom. The molecule has 0 aliphatic carbocycles. The molecule has 7 heteroatoms. The van der Waals surface area contributed by atoms with E-state index in [0.717, 1.165) is 11.1 Å². The van der Waals surface area contributed by atoms with Crippen LogP contribution in [0.15, 0.2) is 64.9 Å². The van der Waals surface area contributed by atoms with E-state index in [2.05, 4.69) is 10.1 Å².